The molecule has 0 aliphatic carbocycles. The molecule has 0 fully saturated rings. The third-order valence-electron chi connectivity index (χ3n) is 15.1. The maximum Gasteiger partial charge on any atom is 0.306 e. The fraction of sp³-hybridized carbons (Fsp3) is 0.954. The highest BCUT2D eigenvalue weighted by molar-refractivity contribution is 5.71. The fourth-order valence-electron chi connectivity index (χ4n) is 10.2. The van der Waals surface area contributed by atoms with Crippen molar-refractivity contribution in [1.82, 2.24) is 0 Å². The van der Waals surface area contributed by atoms with Crippen LogP contribution in [0.1, 0.15) is 380 Å². The monoisotopic (exact) mass is 1000 g/mol. The Morgan fingerprint density at radius 1 is 0.225 bits per heavy atom. The zero-order chi connectivity index (χ0) is 51.4. The van der Waals surface area contributed by atoms with Gasteiger partial charge in [-0.3, -0.25) is 14.4 Å². The quantitative estimate of drug-likeness (QED) is 0.0343. The molecule has 0 radical (unpaired) electrons. The summed E-state index contributed by atoms with van der Waals surface area (Å²) in [6.07, 6.45) is 69.8. The van der Waals surface area contributed by atoms with Gasteiger partial charge in [-0.1, -0.05) is 342 Å². The molecule has 0 rings (SSSR count). The van der Waals surface area contributed by atoms with Gasteiger partial charge in [0.05, 0.1) is 0 Å². The molecule has 1 atom stereocenters. The Morgan fingerprint density at radius 2 is 0.380 bits per heavy atom. The van der Waals surface area contributed by atoms with Crippen LogP contribution in [0.5, 0.6) is 0 Å². The normalized spacial score (nSPS) is 11.9. The number of rotatable bonds is 61. The Hall–Kier alpha value is -1.59. The van der Waals surface area contributed by atoms with Gasteiger partial charge in [-0.05, 0) is 19.3 Å². The third kappa shape index (κ3) is 59.2. The molecule has 6 heteroatoms. The fourth-order valence-corrected chi connectivity index (χ4v) is 10.2. The van der Waals surface area contributed by atoms with E-state index in [1.165, 1.54) is 283 Å². The van der Waals surface area contributed by atoms with E-state index in [1.54, 1.807) is 0 Å². The van der Waals surface area contributed by atoms with Crippen molar-refractivity contribution in [1.29, 1.82) is 0 Å². The highest BCUT2D eigenvalue weighted by Gasteiger charge is 2.19. The lowest BCUT2D eigenvalue weighted by atomic mass is 10.0. The van der Waals surface area contributed by atoms with Gasteiger partial charge < -0.3 is 14.2 Å². The Balaban J connectivity index is 4.19. The van der Waals surface area contributed by atoms with Crippen molar-refractivity contribution in [3.63, 3.8) is 0 Å². The number of hydrogen-bond acceptors (Lipinski definition) is 6. The second-order valence-electron chi connectivity index (χ2n) is 22.4. The molecule has 0 aliphatic heterocycles. The van der Waals surface area contributed by atoms with Crippen molar-refractivity contribution < 1.29 is 28.6 Å². The minimum absolute atomic E-state index is 0.0607. The molecule has 0 spiro atoms. The average Bonchev–Trinajstić information content (AvgIpc) is 3.37. The zero-order valence-corrected chi connectivity index (χ0v) is 48.5. The summed E-state index contributed by atoms with van der Waals surface area (Å²) in [5.74, 6) is -0.827. The first-order valence-electron chi connectivity index (χ1n) is 32.5. The standard InChI is InChI=1S/C65H126O6/c1-4-7-10-13-16-19-22-24-26-28-30-32-34-36-38-40-43-46-49-52-55-58-64(67)70-61-62(60-69-63(66)57-54-51-48-45-42-21-18-15-12-9-6-3)71-65(68)59-56-53-50-47-44-41-39-37-35-33-31-29-27-25-23-20-17-14-11-8-5-2/h62H,4-61H2,1-3H3/t62-/m0/s1. The number of unbranched alkanes of at least 4 members (excludes halogenated alkanes) is 50. The Kier molecular flexibility index (Phi) is 59.6. The average molecular weight is 1000 g/mol. The lowest BCUT2D eigenvalue weighted by Crippen LogP contribution is -2.30. The van der Waals surface area contributed by atoms with Gasteiger partial charge in [0.2, 0.25) is 0 Å². The van der Waals surface area contributed by atoms with Gasteiger partial charge in [-0.2, -0.15) is 0 Å². The molecule has 0 aromatic rings. The molecule has 0 heterocycles. The first-order chi connectivity index (χ1) is 35.0. The molecule has 0 bridgehead atoms. The van der Waals surface area contributed by atoms with E-state index in [-0.39, 0.29) is 31.1 Å². The van der Waals surface area contributed by atoms with Crippen LogP contribution in [0.4, 0.5) is 0 Å². The number of carbonyl (C=O) groups excluding carboxylic acids is 3. The molecule has 71 heavy (non-hydrogen) atoms. The molecule has 0 aliphatic rings. The van der Waals surface area contributed by atoms with Gasteiger partial charge in [0.1, 0.15) is 13.2 Å². The van der Waals surface area contributed by atoms with Crippen LogP contribution in [0, 0.1) is 0 Å². The predicted molar refractivity (Wildman–Crippen MR) is 307 cm³/mol. The molecular formula is C65H126O6. The summed E-state index contributed by atoms with van der Waals surface area (Å²) in [5, 5.41) is 0. The van der Waals surface area contributed by atoms with Crippen LogP contribution in [0.2, 0.25) is 0 Å². The molecule has 6 nitrogen and oxygen atoms in total. The van der Waals surface area contributed by atoms with Gasteiger partial charge in [-0.25, -0.2) is 0 Å². The van der Waals surface area contributed by atoms with Crippen molar-refractivity contribution in [3.05, 3.63) is 0 Å². The van der Waals surface area contributed by atoms with E-state index in [0.29, 0.717) is 19.3 Å². The van der Waals surface area contributed by atoms with Gasteiger partial charge in [-0.15, -0.1) is 0 Å². The van der Waals surface area contributed by atoms with Gasteiger partial charge in [0.25, 0.3) is 0 Å². The summed E-state index contributed by atoms with van der Waals surface area (Å²) in [7, 11) is 0. The number of ether oxygens (including phenoxy) is 3. The lowest BCUT2D eigenvalue weighted by molar-refractivity contribution is -0.167. The maximum absolute atomic E-state index is 12.9. The topological polar surface area (TPSA) is 78.9 Å². The molecule has 0 aromatic carbocycles. The summed E-state index contributed by atoms with van der Waals surface area (Å²) in [5.41, 5.74) is 0. The van der Waals surface area contributed by atoms with E-state index in [1.807, 2.05) is 0 Å². The highest BCUT2D eigenvalue weighted by Crippen LogP contribution is 2.19. The highest BCUT2D eigenvalue weighted by atomic mass is 16.6. The first-order valence-corrected chi connectivity index (χ1v) is 32.5. The largest absolute Gasteiger partial charge is 0.462 e. The van der Waals surface area contributed by atoms with E-state index in [2.05, 4.69) is 20.8 Å². The molecule has 0 amide bonds. The molecule has 0 aromatic heterocycles. The zero-order valence-electron chi connectivity index (χ0n) is 48.5. The summed E-state index contributed by atoms with van der Waals surface area (Å²) in [6.45, 7) is 6.72. The van der Waals surface area contributed by atoms with Crippen LogP contribution < -0.4 is 0 Å². The third-order valence-corrected chi connectivity index (χ3v) is 15.1. The molecule has 0 N–H and O–H groups in total. The molecule has 422 valence electrons. The Morgan fingerprint density at radius 3 is 0.563 bits per heavy atom. The summed E-state index contributed by atoms with van der Waals surface area (Å²) in [6, 6.07) is 0. The molecule has 0 saturated heterocycles. The summed E-state index contributed by atoms with van der Waals surface area (Å²) in [4.78, 5) is 38.2. The van der Waals surface area contributed by atoms with Crippen LogP contribution in [-0.4, -0.2) is 37.2 Å². The van der Waals surface area contributed by atoms with E-state index >= 15 is 0 Å². The van der Waals surface area contributed by atoms with Crippen molar-refractivity contribution in [3.8, 4) is 0 Å². The van der Waals surface area contributed by atoms with Crippen molar-refractivity contribution in [2.75, 3.05) is 13.2 Å². The Labute approximate surface area is 444 Å². The SMILES string of the molecule is CCCCCCCCCCCCCCCCCCCCCCCC(=O)OC[C@H](COC(=O)CCCCCCCCCCCCC)OC(=O)CCCCCCCCCCCCCCCCCCCCCCC. The van der Waals surface area contributed by atoms with Crippen LogP contribution in [-0.2, 0) is 28.6 Å². The first kappa shape index (κ1) is 69.4. The minimum Gasteiger partial charge on any atom is -0.462 e. The lowest BCUT2D eigenvalue weighted by Gasteiger charge is -2.18. The van der Waals surface area contributed by atoms with Crippen LogP contribution in [0.15, 0.2) is 0 Å². The van der Waals surface area contributed by atoms with Gasteiger partial charge in [0.15, 0.2) is 6.10 Å². The molecular weight excluding hydrogens is 877 g/mol. The van der Waals surface area contributed by atoms with Crippen LogP contribution >= 0.6 is 0 Å². The van der Waals surface area contributed by atoms with Crippen molar-refractivity contribution in [2.24, 2.45) is 0 Å². The maximum atomic E-state index is 12.9. The minimum atomic E-state index is -0.762. The van der Waals surface area contributed by atoms with Crippen LogP contribution in [0.3, 0.4) is 0 Å². The number of hydrogen-bond donors (Lipinski definition) is 0. The van der Waals surface area contributed by atoms with Crippen molar-refractivity contribution >= 4 is 17.9 Å². The molecule has 0 unspecified atom stereocenters. The van der Waals surface area contributed by atoms with E-state index < -0.39 is 6.10 Å². The van der Waals surface area contributed by atoms with Crippen molar-refractivity contribution in [2.45, 2.75) is 386 Å². The van der Waals surface area contributed by atoms with E-state index in [0.717, 1.165) is 57.8 Å². The summed E-state index contributed by atoms with van der Waals surface area (Å²) >= 11 is 0. The smallest absolute Gasteiger partial charge is 0.306 e. The number of esters is 3. The summed E-state index contributed by atoms with van der Waals surface area (Å²) < 4.78 is 16.9. The van der Waals surface area contributed by atoms with Gasteiger partial charge >= 0.3 is 17.9 Å². The second-order valence-corrected chi connectivity index (χ2v) is 22.4. The van der Waals surface area contributed by atoms with Gasteiger partial charge in [0, 0.05) is 19.3 Å². The number of carbonyl (C=O) groups is 3. The second kappa shape index (κ2) is 61.0. The Bertz CT molecular complexity index is 1060. The van der Waals surface area contributed by atoms with Crippen LogP contribution in [0.25, 0.3) is 0 Å². The van der Waals surface area contributed by atoms with E-state index in [9.17, 15) is 14.4 Å². The molecule has 0 saturated carbocycles. The predicted octanol–water partition coefficient (Wildman–Crippen LogP) is 21.9. The van der Waals surface area contributed by atoms with E-state index in [4.69, 9.17) is 14.2 Å².